The highest BCUT2D eigenvalue weighted by Crippen LogP contribution is 2.13. The first kappa shape index (κ1) is 8.53. The third-order valence-electron chi connectivity index (χ3n) is 1.89. The minimum Gasteiger partial charge on any atom is -0.330 e. The molecule has 0 saturated carbocycles. The predicted octanol–water partition coefficient (Wildman–Crippen LogP) is 1.49. The maximum absolute atomic E-state index is 5.96. The SMILES string of the molecule is NCCc1cn2c(Cl)cccc2n1. The van der Waals surface area contributed by atoms with Crippen molar-refractivity contribution >= 4 is 17.2 Å². The molecule has 2 aromatic rings. The van der Waals surface area contributed by atoms with Crippen LogP contribution in [0.25, 0.3) is 5.65 Å². The summed E-state index contributed by atoms with van der Waals surface area (Å²) in [6, 6.07) is 5.64. The van der Waals surface area contributed by atoms with Crippen molar-refractivity contribution in [1.82, 2.24) is 9.38 Å². The smallest absolute Gasteiger partial charge is 0.138 e. The van der Waals surface area contributed by atoms with Gasteiger partial charge in [-0.1, -0.05) is 17.7 Å². The van der Waals surface area contributed by atoms with Crippen molar-refractivity contribution < 1.29 is 0 Å². The first-order chi connectivity index (χ1) is 6.31. The summed E-state index contributed by atoms with van der Waals surface area (Å²) in [6.45, 7) is 0.613. The van der Waals surface area contributed by atoms with Crippen LogP contribution in [0, 0.1) is 0 Å². The lowest BCUT2D eigenvalue weighted by atomic mass is 10.3. The van der Waals surface area contributed by atoms with E-state index in [0.717, 1.165) is 17.8 Å². The lowest BCUT2D eigenvalue weighted by molar-refractivity contribution is 0.937. The highest BCUT2D eigenvalue weighted by atomic mass is 35.5. The predicted molar refractivity (Wildman–Crippen MR) is 53.0 cm³/mol. The molecule has 0 aliphatic rings. The van der Waals surface area contributed by atoms with Crippen molar-refractivity contribution in [1.29, 1.82) is 0 Å². The number of aromatic nitrogens is 2. The van der Waals surface area contributed by atoms with Crippen LogP contribution < -0.4 is 5.73 Å². The van der Waals surface area contributed by atoms with Crippen molar-refractivity contribution in [2.75, 3.05) is 6.54 Å². The Hall–Kier alpha value is -1.06. The van der Waals surface area contributed by atoms with Gasteiger partial charge in [0.05, 0.1) is 5.69 Å². The van der Waals surface area contributed by atoms with Crippen LogP contribution in [0.4, 0.5) is 0 Å². The summed E-state index contributed by atoms with van der Waals surface area (Å²) in [4.78, 5) is 4.36. The van der Waals surface area contributed by atoms with E-state index >= 15 is 0 Å². The average Bonchev–Trinajstić information content (AvgIpc) is 2.49. The molecule has 0 bridgehead atoms. The number of pyridine rings is 1. The monoisotopic (exact) mass is 195 g/mol. The molecule has 4 heteroatoms. The van der Waals surface area contributed by atoms with Crippen molar-refractivity contribution in [3.05, 3.63) is 35.2 Å². The lowest BCUT2D eigenvalue weighted by Gasteiger charge is -1.93. The highest BCUT2D eigenvalue weighted by molar-refractivity contribution is 6.29. The Morgan fingerprint density at radius 1 is 1.46 bits per heavy atom. The molecule has 68 valence electrons. The zero-order chi connectivity index (χ0) is 9.26. The van der Waals surface area contributed by atoms with Gasteiger partial charge in [-0.05, 0) is 18.7 Å². The number of nitrogens with zero attached hydrogens (tertiary/aromatic N) is 2. The molecule has 0 spiro atoms. The zero-order valence-corrected chi connectivity index (χ0v) is 7.83. The molecular formula is C9H10ClN3. The van der Waals surface area contributed by atoms with Gasteiger partial charge in [0.1, 0.15) is 10.8 Å². The molecule has 2 N–H and O–H groups in total. The van der Waals surface area contributed by atoms with E-state index in [-0.39, 0.29) is 0 Å². The van der Waals surface area contributed by atoms with E-state index in [4.69, 9.17) is 17.3 Å². The summed E-state index contributed by atoms with van der Waals surface area (Å²) < 4.78 is 1.85. The maximum atomic E-state index is 5.96. The zero-order valence-electron chi connectivity index (χ0n) is 7.07. The van der Waals surface area contributed by atoms with Crippen LogP contribution in [0.3, 0.4) is 0 Å². The van der Waals surface area contributed by atoms with Gasteiger partial charge in [0.25, 0.3) is 0 Å². The number of imidazole rings is 1. The molecule has 0 fully saturated rings. The van der Waals surface area contributed by atoms with Crippen molar-refractivity contribution in [2.24, 2.45) is 5.73 Å². The molecule has 2 aromatic heterocycles. The molecule has 2 rings (SSSR count). The normalized spacial score (nSPS) is 10.9. The quantitative estimate of drug-likeness (QED) is 0.738. The Bertz CT molecular complexity index is 422. The van der Waals surface area contributed by atoms with Gasteiger partial charge in [-0.2, -0.15) is 0 Å². The molecule has 0 amide bonds. The van der Waals surface area contributed by atoms with Gasteiger partial charge in [0.15, 0.2) is 0 Å². The fraction of sp³-hybridized carbons (Fsp3) is 0.222. The molecule has 2 heterocycles. The molecule has 0 radical (unpaired) electrons. The van der Waals surface area contributed by atoms with Crippen LogP contribution in [-0.4, -0.2) is 15.9 Å². The minimum absolute atomic E-state index is 0.613. The first-order valence-corrected chi connectivity index (χ1v) is 4.51. The van der Waals surface area contributed by atoms with E-state index in [0.29, 0.717) is 11.7 Å². The fourth-order valence-electron chi connectivity index (χ4n) is 1.30. The Morgan fingerprint density at radius 2 is 2.31 bits per heavy atom. The Kier molecular flexibility index (Phi) is 2.20. The summed E-state index contributed by atoms with van der Waals surface area (Å²) in [7, 11) is 0. The second-order valence-electron chi connectivity index (χ2n) is 2.85. The highest BCUT2D eigenvalue weighted by Gasteiger charge is 2.01. The Balaban J connectivity index is 2.55. The maximum Gasteiger partial charge on any atom is 0.138 e. The second-order valence-corrected chi connectivity index (χ2v) is 3.23. The van der Waals surface area contributed by atoms with Crippen LogP contribution in [0.5, 0.6) is 0 Å². The first-order valence-electron chi connectivity index (χ1n) is 4.14. The fourth-order valence-corrected chi connectivity index (χ4v) is 1.50. The van der Waals surface area contributed by atoms with Gasteiger partial charge in [-0.25, -0.2) is 4.98 Å². The molecule has 0 aromatic carbocycles. The van der Waals surface area contributed by atoms with Gasteiger partial charge in [-0.15, -0.1) is 0 Å². The molecule has 0 unspecified atom stereocenters. The number of fused-ring (bicyclic) bond motifs is 1. The largest absolute Gasteiger partial charge is 0.330 e. The molecule has 3 nitrogen and oxygen atoms in total. The lowest BCUT2D eigenvalue weighted by Crippen LogP contribution is -2.02. The van der Waals surface area contributed by atoms with Gasteiger partial charge < -0.3 is 5.73 Å². The second kappa shape index (κ2) is 3.36. The van der Waals surface area contributed by atoms with E-state index in [1.807, 2.05) is 28.8 Å². The average molecular weight is 196 g/mol. The van der Waals surface area contributed by atoms with Crippen LogP contribution in [0.1, 0.15) is 5.69 Å². The Morgan fingerprint density at radius 3 is 3.00 bits per heavy atom. The third kappa shape index (κ3) is 1.53. The summed E-state index contributed by atoms with van der Waals surface area (Å²) in [5.41, 5.74) is 7.29. The van der Waals surface area contributed by atoms with Crippen molar-refractivity contribution in [3.63, 3.8) is 0 Å². The van der Waals surface area contributed by atoms with E-state index in [9.17, 15) is 0 Å². The van der Waals surface area contributed by atoms with Crippen LogP contribution in [0.2, 0.25) is 5.15 Å². The van der Waals surface area contributed by atoms with E-state index in [1.54, 1.807) is 0 Å². The van der Waals surface area contributed by atoms with E-state index in [2.05, 4.69) is 4.98 Å². The molecule has 0 aliphatic heterocycles. The van der Waals surface area contributed by atoms with E-state index < -0.39 is 0 Å². The minimum atomic E-state index is 0.613. The number of hydrogen-bond donors (Lipinski definition) is 1. The number of rotatable bonds is 2. The van der Waals surface area contributed by atoms with Gasteiger partial charge >= 0.3 is 0 Å². The standard InChI is InChI=1S/C9H10ClN3/c10-8-2-1-3-9-12-7(4-5-11)6-13(8)9/h1-3,6H,4-5,11H2. The van der Waals surface area contributed by atoms with Crippen LogP contribution in [-0.2, 0) is 6.42 Å². The number of halogens is 1. The summed E-state index contributed by atoms with van der Waals surface area (Å²) in [6.07, 6.45) is 2.71. The molecule has 0 saturated heterocycles. The van der Waals surface area contributed by atoms with Gasteiger partial charge in [0.2, 0.25) is 0 Å². The number of nitrogens with two attached hydrogens (primary N) is 1. The van der Waals surface area contributed by atoms with Crippen molar-refractivity contribution in [2.45, 2.75) is 6.42 Å². The summed E-state index contributed by atoms with van der Waals surface area (Å²) >= 11 is 5.96. The molecular weight excluding hydrogens is 186 g/mol. The molecule has 0 atom stereocenters. The van der Waals surface area contributed by atoms with Crippen molar-refractivity contribution in [3.8, 4) is 0 Å². The van der Waals surface area contributed by atoms with Gasteiger partial charge in [-0.3, -0.25) is 4.40 Å². The molecule has 13 heavy (non-hydrogen) atoms. The summed E-state index contributed by atoms with van der Waals surface area (Å²) in [5, 5.41) is 0.674. The third-order valence-corrected chi connectivity index (χ3v) is 2.20. The van der Waals surface area contributed by atoms with Gasteiger partial charge in [0, 0.05) is 12.6 Å². The molecule has 0 aliphatic carbocycles. The summed E-state index contributed by atoms with van der Waals surface area (Å²) in [5.74, 6) is 0. The number of hydrogen-bond acceptors (Lipinski definition) is 2. The van der Waals surface area contributed by atoms with Crippen LogP contribution >= 0.6 is 11.6 Å². The van der Waals surface area contributed by atoms with Crippen LogP contribution in [0.15, 0.2) is 24.4 Å². The Labute approximate surface area is 81.1 Å². The van der Waals surface area contributed by atoms with E-state index in [1.165, 1.54) is 0 Å². The topological polar surface area (TPSA) is 43.3 Å².